The van der Waals surface area contributed by atoms with Crippen LogP contribution < -0.4 is 5.32 Å². The third kappa shape index (κ3) is 3.41. The maximum atomic E-state index is 12.6. The highest BCUT2D eigenvalue weighted by Crippen LogP contribution is 2.44. The Labute approximate surface area is 128 Å². The van der Waals surface area contributed by atoms with E-state index in [2.05, 4.69) is 19.2 Å². The Morgan fingerprint density at radius 1 is 1.29 bits per heavy atom. The maximum absolute atomic E-state index is 12.6. The SMILES string of the molecule is CCC1C(=O)NC(C)C(=O)N1CC1(CC(C)C)CCCC1. The van der Waals surface area contributed by atoms with Gasteiger partial charge in [0.2, 0.25) is 11.8 Å². The molecule has 2 aliphatic rings. The van der Waals surface area contributed by atoms with Crippen molar-refractivity contribution in [3.8, 4) is 0 Å². The fourth-order valence-electron chi connectivity index (χ4n) is 4.29. The van der Waals surface area contributed by atoms with Gasteiger partial charge >= 0.3 is 0 Å². The Kier molecular flexibility index (Phi) is 4.95. The van der Waals surface area contributed by atoms with Gasteiger partial charge in [-0.2, -0.15) is 0 Å². The minimum absolute atomic E-state index is 0.0160. The number of nitrogens with one attached hydrogen (secondary N) is 1. The summed E-state index contributed by atoms with van der Waals surface area (Å²) in [5.74, 6) is 0.744. The molecule has 0 aromatic rings. The van der Waals surface area contributed by atoms with Gasteiger partial charge in [-0.15, -0.1) is 0 Å². The zero-order valence-corrected chi connectivity index (χ0v) is 13.9. The van der Waals surface area contributed by atoms with Gasteiger partial charge in [0.25, 0.3) is 0 Å². The summed E-state index contributed by atoms with van der Waals surface area (Å²) in [6.07, 6.45) is 6.76. The molecule has 0 bridgehead atoms. The summed E-state index contributed by atoms with van der Waals surface area (Å²) in [6.45, 7) is 9.06. The second-order valence-corrected chi connectivity index (χ2v) is 7.43. The van der Waals surface area contributed by atoms with Gasteiger partial charge in [-0.3, -0.25) is 9.59 Å². The molecule has 1 heterocycles. The molecule has 2 rings (SSSR count). The molecule has 0 aromatic carbocycles. The van der Waals surface area contributed by atoms with Crippen LogP contribution in [0.25, 0.3) is 0 Å². The Balaban J connectivity index is 2.20. The molecule has 120 valence electrons. The largest absolute Gasteiger partial charge is 0.343 e. The minimum atomic E-state index is -0.377. The van der Waals surface area contributed by atoms with E-state index < -0.39 is 0 Å². The average molecular weight is 294 g/mol. The van der Waals surface area contributed by atoms with Gasteiger partial charge in [-0.25, -0.2) is 0 Å². The van der Waals surface area contributed by atoms with Crippen molar-refractivity contribution in [2.75, 3.05) is 6.54 Å². The fourth-order valence-corrected chi connectivity index (χ4v) is 4.29. The average Bonchev–Trinajstić information content (AvgIpc) is 2.83. The van der Waals surface area contributed by atoms with E-state index in [0.717, 1.165) is 13.0 Å². The summed E-state index contributed by atoms with van der Waals surface area (Å²) in [7, 11) is 0. The third-order valence-electron chi connectivity index (χ3n) is 5.09. The number of amides is 2. The lowest BCUT2D eigenvalue weighted by atomic mass is 9.77. The molecule has 2 amide bonds. The molecule has 2 unspecified atom stereocenters. The first-order chi connectivity index (χ1) is 9.88. The number of carbonyl (C=O) groups excluding carboxylic acids is 2. The number of hydrogen-bond donors (Lipinski definition) is 1. The monoisotopic (exact) mass is 294 g/mol. The summed E-state index contributed by atoms with van der Waals surface area (Å²) < 4.78 is 0. The maximum Gasteiger partial charge on any atom is 0.245 e. The summed E-state index contributed by atoms with van der Waals surface area (Å²) in [5, 5.41) is 2.81. The summed E-state index contributed by atoms with van der Waals surface area (Å²) >= 11 is 0. The normalized spacial score (nSPS) is 29.1. The van der Waals surface area contributed by atoms with Crippen LogP contribution >= 0.6 is 0 Å². The quantitative estimate of drug-likeness (QED) is 0.847. The topological polar surface area (TPSA) is 49.4 Å². The van der Waals surface area contributed by atoms with E-state index in [9.17, 15) is 9.59 Å². The zero-order chi connectivity index (χ0) is 15.6. The van der Waals surface area contributed by atoms with E-state index in [0.29, 0.717) is 12.3 Å². The molecule has 0 radical (unpaired) electrons. The highest BCUT2D eigenvalue weighted by molar-refractivity contribution is 5.96. The lowest BCUT2D eigenvalue weighted by molar-refractivity contribution is -0.151. The molecule has 1 aliphatic heterocycles. The fraction of sp³-hybridized carbons (Fsp3) is 0.882. The van der Waals surface area contributed by atoms with Gasteiger partial charge in [0.05, 0.1) is 0 Å². The van der Waals surface area contributed by atoms with Crippen LogP contribution in [0.1, 0.15) is 66.2 Å². The lowest BCUT2D eigenvalue weighted by Crippen LogP contribution is -2.63. The van der Waals surface area contributed by atoms with Gasteiger partial charge in [0.15, 0.2) is 0 Å². The van der Waals surface area contributed by atoms with Crippen molar-refractivity contribution in [1.29, 1.82) is 0 Å². The zero-order valence-electron chi connectivity index (χ0n) is 13.9. The highest BCUT2D eigenvalue weighted by Gasteiger charge is 2.43. The first-order valence-electron chi connectivity index (χ1n) is 8.49. The van der Waals surface area contributed by atoms with Crippen molar-refractivity contribution < 1.29 is 9.59 Å². The van der Waals surface area contributed by atoms with Crippen LogP contribution in [0.5, 0.6) is 0 Å². The van der Waals surface area contributed by atoms with Gasteiger partial charge in [-0.1, -0.05) is 33.6 Å². The van der Waals surface area contributed by atoms with E-state index in [1.165, 1.54) is 25.7 Å². The third-order valence-corrected chi connectivity index (χ3v) is 5.09. The van der Waals surface area contributed by atoms with Crippen LogP contribution in [0.4, 0.5) is 0 Å². The van der Waals surface area contributed by atoms with Gasteiger partial charge in [-0.05, 0) is 43.9 Å². The molecule has 2 atom stereocenters. The molecule has 0 spiro atoms. The Bertz CT molecular complexity index is 400. The van der Waals surface area contributed by atoms with E-state index in [-0.39, 0.29) is 29.3 Å². The van der Waals surface area contributed by atoms with Crippen LogP contribution in [0.2, 0.25) is 0 Å². The van der Waals surface area contributed by atoms with Crippen LogP contribution in [-0.4, -0.2) is 35.3 Å². The van der Waals surface area contributed by atoms with Gasteiger partial charge in [0, 0.05) is 6.54 Å². The molecule has 1 N–H and O–H groups in total. The second-order valence-electron chi connectivity index (χ2n) is 7.43. The van der Waals surface area contributed by atoms with Crippen molar-refractivity contribution in [2.24, 2.45) is 11.3 Å². The number of nitrogens with zero attached hydrogens (tertiary/aromatic N) is 1. The second kappa shape index (κ2) is 6.37. The standard InChI is InChI=1S/C17H30N2O2/c1-5-14-15(20)18-13(4)16(21)19(14)11-17(10-12(2)3)8-6-7-9-17/h12-14H,5-11H2,1-4H3,(H,18,20). The molecular formula is C17H30N2O2. The number of rotatable bonds is 5. The Hall–Kier alpha value is -1.06. The number of piperazine rings is 1. The van der Waals surface area contributed by atoms with Crippen molar-refractivity contribution in [3.63, 3.8) is 0 Å². The predicted octanol–water partition coefficient (Wildman–Crippen LogP) is 2.72. The van der Waals surface area contributed by atoms with Crippen LogP contribution in [-0.2, 0) is 9.59 Å². The Morgan fingerprint density at radius 2 is 1.90 bits per heavy atom. The van der Waals surface area contributed by atoms with E-state index >= 15 is 0 Å². The van der Waals surface area contributed by atoms with Crippen molar-refractivity contribution in [1.82, 2.24) is 10.2 Å². The van der Waals surface area contributed by atoms with Gasteiger partial charge < -0.3 is 10.2 Å². The smallest absolute Gasteiger partial charge is 0.245 e. The summed E-state index contributed by atoms with van der Waals surface area (Å²) in [5.41, 5.74) is 0.231. The van der Waals surface area contributed by atoms with Crippen molar-refractivity contribution in [3.05, 3.63) is 0 Å². The summed E-state index contributed by atoms with van der Waals surface area (Å²) in [4.78, 5) is 26.6. The highest BCUT2D eigenvalue weighted by atomic mass is 16.2. The van der Waals surface area contributed by atoms with Crippen molar-refractivity contribution >= 4 is 11.8 Å². The van der Waals surface area contributed by atoms with Gasteiger partial charge in [0.1, 0.15) is 12.1 Å². The molecule has 4 heteroatoms. The minimum Gasteiger partial charge on any atom is -0.343 e. The molecule has 2 fully saturated rings. The number of carbonyl (C=O) groups is 2. The van der Waals surface area contributed by atoms with Crippen LogP contribution in [0.3, 0.4) is 0 Å². The Morgan fingerprint density at radius 3 is 2.43 bits per heavy atom. The first-order valence-corrected chi connectivity index (χ1v) is 8.49. The first kappa shape index (κ1) is 16.3. The van der Waals surface area contributed by atoms with Crippen LogP contribution in [0.15, 0.2) is 0 Å². The van der Waals surface area contributed by atoms with E-state index in [4.69, 9.17) is 0 Å². The predicted molar refractivity (Wildman–Crippen MR) is 83.8 cm³/mol. The molecule has 1 saturated heterocycles. The molecule has 21 heavy (non-hydrogen) atoms. The van der Waals surface area contributed by atoms with E-state index in [1.54, 1.807) is 6.92 Å². The molecule has 1 saturated carbocycles. The summed E-state index contributed by atoms with van der Waals surface area (Å²) in [6, 6.07) is -0.656. The van der Waals surface area contributed by atoms with Crippen LogP contribution in [0, 0.1) is 11.3 Å². The molecular weight excluding hydrogens is 264 g/mol. The van der Waals surface area contributed by atoms with Crippen molar-refractivity contribution in [2.45, 2.75) is 78.3 Å². The molecule has 1 aliphatic carbocycles. The lowest BCUT2D eigenvalue weighted by Gasteiger charge is -2.43. The number of hydrogen-bond acceptors (Lipinski definition) is 2. The molecule has 0 aromatic heterocycles. The van der Waals surface area contributed by atoms with E-state index in [1.807, 2.05) is 11.8 Å². The molecule has 4 nitrogen and oxygen atoms in total.